The molecule has 1 amide bonds. The lowest BCUT2D eigenvalue weighted by Crippen LogP contribution is -2.49. The van der Waals surface area contributed by atoms with E-state index in [2.05, 4.69) is 15.6 Å². The molecule has 0 aliphatic carbocycles. The Hall–Kier alpha value is -2.11. The van der Waals surface area contributed by atoms with Gasteiger partial charge in [0.2, 0.25) is 0 Å². The van der Waals surface area contributed by atoms with E-state index in [9.17, 15) is 14.9 Å². The molecular formula is C17H26IN5O4. The molecule has 0 aromatic heterocycles. The summed E-state index contributed by atoms with van der Waals surface area (Å²) >= 11 is 0. The van der Waals surface area contributed by atoms with Crippen molar-refractivity contribution in [2.45, 2.75) is 32.4 Å². The van der Waals surface area contributed by atoms with Gasteiger partial charge in [-0.3, -0.25) is 15.1 Å². The van der Waals surface area contributed by atoms with E-state index in [1.54, 1.807) is 31.0 Å². The predicted molar refractivity (Wildman–Crippen MR) is 113 cm³/mol. The molecule has 1 fully saturated rings. The van der Waals surface area contributed by atoms with Gasteiger partial charge < -0.3 is 20.3 Å². The van der Waals surface area contributed by atoms with Crippen molar-refractivity contribution in [3.05, 3.63) is 39.9 Å². The number of nitro benzene ring substituents is 1. The van der Waals surface area contributed by atoms with Gasteiger partial charge in [-0.25, -0.2) is 4.79 Å². The van der Waals surface area contributed by atoms with Crippen molar-refractivity contribution in [2.75, 3.05) is 26.7 Å². The van der Waals surface area contributed by atoms with Crippen LogP contribution in [0.1, 0.15) is 25.3 Å². The molecule has 1 heterocycles. The maximum atomic E-state index is 11.7. The molecule has 0 unspecified atom stereocenters. The van der Waals surface area contributed by atoms with Crippen molar-refractivity contribution in [1.29, 1.82) is 0 Å². The number of amides is 1. The number of hydrogen-bond acceptors (Lipinski definition) is 5. The number of hydrogen-bond donors (Lipinski definition) is 2. The quantitative estimate of drug-likeness (QED) is 0.216. The number of likely N-dealkylation sites (tertiary alicyclic amines) is 1. The number of halogens is 1. The van der Waals surface area contributed by atoms with E-state index in [4.69, 9.17) is 4.74 Å². The summed E-state index contributed by atoms with van der Waals surface area (Å²) in [5.41, 5.74) is 1.00. The topological polar surface area (TPSA) is 109 Å². The first kappa shape index (κ1) is 22.9. The number of ether oxygens (including phenoxy) is 1. The Morgan fingerprint density at radius 2 is 1.96 bits per heavy atom. The summed E-state index contributed by atoms with van der Waals surface area (Å²) < 4.78 is 5.02. The zero-order chi connectivity index (χ0) is 18.9. The van der Waals surface area contributed by atoms with Crippen LogP contribution in [-0.4, -0.2) is 54.7 Å². The standard InChI is InChI=1S/C17H25N5O4.HI/c1-3-26-17(23)21-10-8-14(9-11-21)20-16(18-2)19-12-13-4-6-15(7-5-13)22(24)25;/h4-7,14H,3,8-12H2,1-2H3,(H2,18,19,20);1H. The Balaban J connectivity index is 0.00000364. The molecule has 2 N–H and O–H groups in total. The van der Waals surface area contributed by atoms with Crippen LogP contribution >= 0.6 is 24.0 Å². The number of benzene rings is 1. The number of nitrogens with zero attached hydrogens (tertiary/aromatic N) is 3. The maximum Gasteiger partial charge on any atom is 0.409 e. The van der Waals surface area contributed by atoms with E-state index in [1.165, 1.54) is 12.1 Å². The Morgan fingerprint density at radius 3 is 2.48 bits per heavy atom. The van der Waals surface area contributed by atoms with Crippen molar-refractivity contribution in [3.63, 3.8) is 0 Å². The fourth-order valence-electron chi connectivity index (χ4n) is 2.73. The van der Waals surface area contributed by atoms with Gasteiger partial charge in [-0.1, -0.05) is 12.1 Å². The molecule has 0 atom stereocenters. The number of guanidine groups is 1. The first-order valence-electron chi connectivity index (χ1n) is 8.65. The molecule has 1 saturated heterocycles. The molecule has 1 aromatic carbocycles. The maximum absolute atomic E-state index is 11.7. The predicted octanol–water partition coefficient (Wildman–Crippen LogP) is 2.50. The smallest absolute Gasteiger partial charge is 0.409 e. The summed E-state index contributed by atoms with van der Waals surface area (Å²) in [5, 5.41) is 17.2. The lowest BCUT2D eigenvalue weighted by atomic mass is 10.1. The van der Waals surface area contributed by atoms with Gasteiger partial charge in [0, 0.05) is 44.9 Å². The van der Waals surface area contributed by atoms with Crippen molar-refractivity contribution in [1.82, 2.24) is 15.5 Å². The minimum Gasteiger partial charge on any atom is -0.450 e. The van der Waals surface area contributed by atoms with Crippen LogP contribution in [0.3, 0.4) is 0 Å². The molecule has 9 nitrogen and oxygen atoms in total. The van der Waals surface area contributed by atoms with Gasteiger partial charge >= 0.3 is 6.09 Å². The van der Waals surface area contributed by atoms with Gasteiger partial charge in [-0.15, -0.1) is 24.0 Å². The second kappa shape index (κ2) is 11.6. The molecule has 1 aliphatic rings. The molecule has 150 valence electrons. The normalized spacial score (nSPS) is 14.9. The SMILES string of the molecule is CCOC(=O)N1CCC(NC(=NC)NCc2ccc([N+](=O)[O-])cc2)CC1.I. The summed E-state index contributed by atoms with van der Waals surface area (Å²) in [4.78, 5) is 27.9. The number of piperidine rings is 1. The van der Waals surface area contributed by atoms with E-state index >= 15 is 0 Å². The van der Waals surface area contributed by atoms with Gasteiger partial charge in [-0.05, 0) is 25.3 Å². The third kappa shape index (κ3) is 7.19. The summed E-state index contributed by atoms with van der Waals surface area (Å²) in [6.07, 6.45) is 1.38. The minimum atomic E-state index is -0.416. The number of carbonyl (C=O) groups is 1. The monoisotopic (exact) mass is 491 g/mol. The molecule has 0 bridgehead atoms. The lowest BCUT2D eigenvalue weighted by molar-refractivity contribution is -0.384. The molecule has 1 aliphatic heterocycles. The summed E-state index contributed by atoms with van der Waals surface area (Å²) in [5.74, 6) is 0.665. The zero-order valence-electron chi connectivity index (χ0n) is 15.5. The Bertz CT molecular complexity index is 645. The Morgan fingerprint density at radius 1 is 1.33 bits per heavy atom. The third-order valence-electron chi connectivity index (χ3n) is 4.19. The number of carbonyl (C=O) groups excluding carboxylic acids is 1. The van der Waals surface area contributed by atoms with Crippen molar-refractivity contribution in [2.24, 2.45) is 4.99 Å². The summed E-state index contributed by atoms with van der Waals surface area (Å²) in [6, 6.07) is 6.63. The fraction of sp³-hybridized carbons (Fsp3) is 0.529. The second-order valence-corrected chi connectivity index (χ2v) is 5.95. The molecule has 27 heavy (non-hydrogen) atoms. The van der Waals surface area contributed by atoms with Crippen LogP contribution in [0.4, 0.5) is 10.5 Å². The van der Waals surface area contributed by atoms with Crippen molar-refractivity contribution in [3.8, 4) is 0 Å². The van der Waals surface area contributed by atoms with Gasteiger partial charge in [0.15, 0.2) is 5.96 Å². The van der Waals surface area contributed by atoms with E-state index in [0.717, 1.165) is 18.4 Å². The second-order valence-electron chi connectivity index (χ2n) is 5.95. The van der Waals surface area contributed by atoms with E-state index < -0.39 is 4.92 Å². The first-order chi connectivity index (χ1) is 12.5. The number of nitro groups is 1. The van der Waals surface area contributed by atoms with Gasteiger partial charge in [0.25, 0.3) is 5.69 Å². The largest absolute Gasteiger partial charge is 0.450 e. The third-order valence-corrected chi connectivity index (χ3v) is 4.19. The highest BCUT2D eigenvalue weighted by Crippen LogP contribution is 2.13. The Kier molecular flexibility index (Phi) is 9.83. The number of aliphatic imine (C=N–C) groups is 1. The van der Waals surface area contributed by atoms with Crippen LogP contribution in [-0.2, 0) is 11.3 Å². The number of non-ortho nitro benzene ring substituents is 1. The molecule has 0 saturated carbocycles. The summed E-state index contributed by atoms with van der Waals surface area (Å²) in [6.45, 7) is 3.99. The van der Waals surface area contributed by atoms with Crippen LogP contribution in [0.15, 0.2) is 29.3 Å². The fourth-order valence-corrected chi connectivity index (χ4v) is 2.73. The highest BCUT2D eigenvalue weighted by atomic mass is 127. The molecule has 0 radical (unpaired) electrons. The highest BCUT2D eigenvalue weighted by molar-refractivity contribution is 14.0. The van der Waals surface area contributed by atoms with Gasteiger partial charge in [0.05, 0.1) is 11.5 Å². The van der Waals surface area contributed by atoms with Crippen LogP contribution in [0.25, 0.3) is 0 Å². The zero-order valence-corrected chi connectivity index (χ0v) is 17.8. The molecular weight excluding hydrogens is 465 g/mol. The van der Waals surface area contributed by atoms with E-state index in [0.29, 0.717) is 32.2 Å². The molecule has 2 rings (SSSR count). The number of rotatable bonds is 5. The van der Waals surface area contributed by atoms with Gasteiger partial charge in [-0.2, -0.15) is 0 Å². The van der Waals surface area contributed by atoms with Crippen LogP contribution in [0.2, 0.25) is 0 Å². The van der Waals surface area contributed by atoms with E-state index in [-0.39, 0.29) is 41.8 Å². The van der Waals surface area contributed by atoms with Crippen molar-refractivity contribution >= 4 is 41.7 Å². The molecule has 10 heteroatoms. The number of nitrogens with one attached hydrogen (secondary N) is 2. The van der Waals surface area contributed by atoms with Gasteiger partial charge in [0.1, 0.15) is 0 Å². The van der Waals surface area contributed by atoms with Crippen LogP contribution in [0.5, 0.6) is 0 Å². The minimum absolute atomic E-state index is 0. The van der Waals surface area contributed by atoms with Crippen LogP contribution < -0.4 is 10.6 Å². The van der Waals surface area contributed by atoms with E-state index in [1.807, 2.05) is 0 Å². The highest BCUT2D eigenvalue weighted by Gasteiger charge is 2.24. The molecule has 1 aromatic rings. The lowest BCUT2D eigenvalue weighted by Gasteiger charge is -2.32. The Labute approximate surface area is 175 Å². The average Bonchev–Trinajstić information content (AvgIpc) is 2.66. The van der Waals surface area contributed by atoms with Crippen LogP contribution in [0, 0.1) is 10.1 Å². The van der Waals surface area contributed by atoms with Crippen molar-refractivity contribution < 1.29 is 14.5 Å². The molecule has 0 spiro atoms. The first-order valence-corrected chi connectivity index (χ1v) is 8.65. The average molecular weight is 491 g/mol. The summed E-state index contributed by atoms with van der Waals surface area (Å²) in [7, 11) is 1.69.